The average Bonchev–Trinajstić information content (AvgIpc) is 3.06. The normalized spacial score (nSPS) is 28.2. The van der Waals surface area contributed by atoms with Gasteiger partial charge in [-0.25, -0.2) is 0 Å². The summed E-state index contributed by atoms with van der Waals surface area (Å²) in [5.41, 5.74) is 5.27. The van der Waals surface area contributed by atoms with Gasteiger partial charge < -0.3 is 26.6 Å². The summed E-state index contributed by atoms with van der Waals surface area (Å²) in [6, 6.07) is -3.11. The minimum atomic E-state index is -5.14. The largest absolute Gasteiger partial charge is 0.471 e. The van der Waals surface area contributed by atoms with Gasteiger partial charge in [0.05, 0.1) is 0 Å². The summed E-state index contributed by atoms with van der Waals surface area (Å²) in [7, 11) is 0. The van der Waals surface area contributed by atoms with Gasteiger partial charge in [-0.05, 0) is 36.0 Å². The highest BCUT2D eigenvalue weighted by Gasteiger charge is 2.68. The number of piperidine rings is 1. The smallest absolute Gasteiger partial charge is 0.368 e. The van der Waals surface area contributed by atoms with E-state index in [1.54, 1.807) is 5.32 Å². The summed E-state index contributed by atoms with van der Waals surface area (Å²) < 4.78 is 38.5. The van der Waals surface area contributed by atoms with Gasteiger partial charge in [0.2, 0.25) is 23.6 Å². The Hall–Kier alpha value is -2.86. The van der Waals surface area contributed by atoms with Crippen LogP contribution in [0, 0.1) is 29.1 Å². The predicted molar refractivity (Wildman–Crippen MR) is 121 cm³/mol. The van der Waals surface area contributed by atoms with Crippen molar-refractivity contribution in [1.29, 1.82) is 0 Å². The quantitative estimate of drug-likeness (QED) is 0.341. The first-order valence-corrected chi connectivity index (χ1v) is 12.1. The summed E-state index contributed by atoms with van der Waals surface area (Å²) in [5.74, 6) is -5.53. The zero-order valence-electron chi connectivity index (χ0n) is 20.8. The van der Waals surface area contributed by atoms with Gasteiger partial charge in [-0.1, -0.05) is 27.7 Å². The Bertz CT molecular complexity index is 938. The number of fused-ring (bicyclic) bond motifs is 1. The average molecular weight is 518 g/mol. The fraction of sp³-hybridized carbons (Fsp3) is 0.783. The number of carbonyl (C=O) groups is 5. The number of hydrogen-bond donors (Lipinski definition) is 4. The molecule has 5 N–H and O–H groups in total. The molecule has 13 heteroatoms. The monoisotopic (exact) mass is 517 g/mol. The Morgan fingerprint density at radius 3 is 2.33 bits per heavy atom. The number of carbonyl (C=O) groups excluding carboxylic acids is 5. The molecule has 10 nitrogen and oxygen atoms in total. The lowest BCUT2D eigenvalue weighted by Gasteiger charge is -2.35. The van der Waals surface area contributed by atoms with Crippen LogP contribution in [0.25, 0.3) is 0 Å². The Morgan fingerprint density at radius 2 is 1.83 bits per heavy atom. The summed E-state index contributed by atoms with van der Waals surface area (Å²) in [6.45, 7) is 7.76. The number of rotatable bonds is 9. The Morgan fingerprint density at radius 1 is 1.19 bits per heavy atom. The van der Waals surface area contributed by atoms with Crippen molar-refractivity contribution in [3.63, 3.8) is 0 Å². The molecule has 202 valence electrons. The molecule has 2 aliphatic heterocycles. The maximum Gasteiger partial charge on any atom is 0.471 e. The Balaban J connectivity index is 1.72. The van der Waals surface area contributed by atoms with Crippen LogP contribution in [0.2, 0.25) is 0 Å². The van der Waals surface area contributed by atoms with Gasteiger partial charge in [0.15, 0.2) is 0 Å². The third kappa shape index (κ3) is 5.59. The third-order valence-electron chi connectivity index (χ3n) is 7.86. The molecule has 6 atom stereocenters. The molecule has 1 saturated carbocycles. The van der Waals surface area contributed by atoms with Crippen molar-refractivity contribution in [3.05, 3.63) is 0 Å². The van der Waals surface area contributed by atoms with Crippen molar-refractivity contribution in [1.82, 2.24) is 20.9 Å². The van der Waals surface area contributed by atoms with E-state index in [0.29, 0.717) is 13.0 Å². The number of alkyl halides is 3. The highest BCUT2D eigenvalue weighted by molar-refractivity contribution is 5.91. The SMILES string of the molecule is CC(C)[C@H](NC(=O)C(F)(F)F)C(=O)N1C[C@H]2[C@@H]([C@H]1CC(=O)N[C@@H](C[C@@H]1CCNC1=O)C(N)=O)C2(C)C. The zero-order valence-corrected chi connectivity index (χ0v) is 20.8. The molecular formula is C23H34F3N5O5. The molecule has 2 heterocycles. The lowest BCUT2D eigenvalue weighted by Crippen LogP contribution is -2.56. The van der Waals surface area contributed by atoms with E-state index < -0.39 is 59.8 Å². The number of primary amides is 1. The van der Waals surface area contributed by atoms with E-state index >= 15 is 0 Å². The van der Waals surface area contributed by atoms with Crippen LogP contribution in [-0.4, -0.2) is 71.8 Å². The van der Waals surface area contributed by atoms with Crippen LogP contribution in [0.1, 0.15) is 47.0 Å². The van der Waals surface area contributed by atoms with Gasteiger partial charge in [0, 0.05) is 31.5 Å². The summed E-state index contributed by atoms with van der Waals surface area (Å²) >= 11 is 0. The molecule has 0 bridgehead atoms. The molecule has 0 aromatic heterocycles. The van der Waals surface area contributed by atoms with Crippen LogP contribution < -0.4 is 21.7 Å². The maximum absolute atomic E-state index is 13.3. The van der Waals surface area contributed by atoms with Gasteiger partial charge in [-0.2, -0.15) is 13.2 Å². The summed E-state index contributed by atoms with van der Waals surface area (Å²) in [4.78, 5) is 63.0. The van der Waals surface area contributed by atoms with E-state index in [1.165, 1.54) is 18.7 Å². The Labute approximate surface area is 207 Å². The molecule has 0 spiro atoms. The number of nitrogens with two attached hydrogens (primary N) is 1. The van der Waals surface area contributed by atoms with Gasteiger partial charge in [-0.3, -0.25) is 24.0 Å². The molecule has 0 aromatic carbocycles. The molecule has 3 fully saturated rings. The van der Waals surface area contributed by atoms with Crippen LogP contribution in [0.3, 0.4) is 0 Å². The van der Waals surface area contributed by atoms with Crippen molar-refractivity contribution in [2.75, 3.05) is 13.1 Å². The second-order valence-corrected chi connectivity index (χ2v) is 10.9. The molecule has 0 unspecified atom stereocenters. The van der Waals surface area contributed by atoms with E-state index in [4.69, 9.17) is 5.73 Å². The summed E-state index contributed by atoms with van der Waals surface area (Å²) in [5, 5.41) is 7.02. The lowest BCUT2D eigenvalue weighted by molar-refractivity contribution is -0.175. The van der Waals surface area contributed by atoms with Crippen molar-refractivity contribution < 1.29 is 37.1 Å². The number of amides is 5. The van der Waals surface area contributed by atoms with E-state index in [0.717, 1.165) is 0 Å². The van der Waals surface area contributed by atoms with Gasteiger partial charge >= 0.3 is 12.1 Å². The first kappa shape index (κ1) is 27.7. The highest BCUT2D eigenvalue weighted by Crippen LogP contribution is 2.65. The van der Waals surface area contributed by atoms with Gasteiger partial charge in [0.1, 0.15) is 12.1 Å². The first-order valence-electron chi connectivity index (χ1n) is 12.1. The molecule has 36 heavy (non-hydrogen) atoms. The molecule has 0 radical (unpaired) electrons. The molecule has 5 amide bonds. The van der Waals surface area contributed by atoms with Gasteiger partial charge in [-0.15, -0.1) is 0 Å². The van der Waals surface area contributed by atoms with Crippen LogP contribution in [0.15, 0.2) is 0 Å². The molecule has 3 aliphatic rings. The molecule has 3 rings (SSSR count). The predicted octanol–water partition coefficient (Wildman–Crippen LogP) is 0.0589. The van der Waals surface area contributed by atoms with Gasteiger partial charge in [0.25, 0.3) is 0 Å². The van der Waals surface area contributed by atoms with Crippen LogP contribution in [-0.2, 0) is 24.0 Å². The first-order chi connectivity index (χ1) is 16.6. The van der Waals surface area contributed by atoms with Crippen molar-refractivity contribution in [2.24, 2.45) is 34.8 Å². The number of hydrogen-bond acceptors (Lipinski definition) is 5. The standard InChI is InChI=1S/C23H34F3N5O5/c1-10(2)17(30-21(36)23(24,25)26)20(35)31-9-12-16(22(12,3)4)14(31)8-15(32)29-13(18(27)33)7-11-5-6-28-19(11)34/h10-14,16-17H,5-9H2,1-4H3,(H2,27,33)(H,28,34)(H,29,32)(H,30,36)/t11-,12-,13-,14+,16-,17-/m0/s1. The highest BCUT2D eigenvalue weighted by atomic mass is 19.4. The third-order valence-corrected chi connectivity index (χ3v) is 7.86. The molecule has 0 aromatic rings. The van der Waals surface area contributed by atoms with E-state index in [-0.39, 0.29) is 42.5 Å². The van der Waals surface area contributed by atoms with Crippen LogP contribution in [0.4, 0.5) is 13.2 Å². The second kappa shape index (κ2) is 9.89. The minimum Gasteiger partial charge on any atom is -0.368 e. The number of likely N-dealkylation sites (tertiary alicyclic amines) is 1. The minimum absolute atomic E-state index is 0.0522. The van der Waals surface area contributed by atoms with Crippen molar-refractivity contribution in [3.8, 4) is 0 Å². The molecule has 2 saturated heterocycles. The fourth-order valence-electron chi connectivity index (χ4n) is 5.69. The molecular weight excluding hydrogens is 483 g/mol. The number of halogens is 3. The summed E-state index contributed by atoms with van der Waals surface area (Å²) in [6.07, 6.45) is -4.75. The van der Waals surface area contributed by atoms with Crippen molar-refractivity contribution >= 4 is 29.5 Å². The van der Waals surface area contributed by atoms with Crippen molar-refractivity contribution in [2.45, 2.75) is 71.3 Å². The molecule has 1 aliphatic carbocycles. The number of nitrogens with one attached hydrogen (secondary N) is 3. The maximum atomic E-state index is 13.3. The van der Waals surface area contributed by atoms with Crippen LogP contribution in [0.5, 0.6) is 0 Å². The lowest BCUT2D eigenvalue weighted by atomic mass is 9.95. The second-order valence-electron chi connectivity index (χ2n) is 10.9. The topological polar surface area (TPSA) is 151 Å². The Kier molecular flexibility index (Phi) is 7.62. The van der Waals surface area contributed by atoms with E-state index in [2.05, 4.69) is 10.6 Å². The van der Waals surface area contributed by atoms with Crippen LogP contribution >= 0.6 is 0 Å². The van der Waals surface area contributed by atoms with E-state index in [9.17, 15) is 37.1 Å². The zero-order chi connectivity index (χ0) is 27.2. The fourth-order valence-corrected chi connectivity index (χ4v) is 5.69. The van der Waals surface area contributed by atoms with E-state index in [1.807, 2.05) is 13.8 Å². The number of nitrogens with zero attached hydrogens (tertiary/aromatic N) is 1.